The van der Waals surface area contributed by atoms with Crippen LogP contribution in [-0.2, 0) is 13.0 Å². The summed E-state index contributed by atoms with van der Waals surface area (Å²) in [6.45, 7) is 7.80. The van der Waals surface area contributed by atoms with E-state index in [2.05, 4.69) is 47.9 Å². The number of nitrogens with one attached hydrogen (secondary N) is 1. The molecule has 114 valence electrons. The Morgan fingerprint density at radius 3 is 2.60 bits per heavy atom. The minimum Gasteiger partial charge on any atom is -0.316 e. The Hall–Kier alpha value is -0.900. The van der Waals surface area contributed by atoms with Crippen molar-refractivity contribution >= 4 is 0 Å². The van der Waals surface area contributed by atoms with Gasteiger partial charge in [0.15, 0.2) is 0 Å². The van der Waals surface area contributed by atoms with Crippen LogP contribution in [0.1, 0.15) is 52.3 Å². The van der Waals surface area contributed by atoms with E-state index in [1.54, 1.807) is 6.33 Å². The molecule has 0 bridgehead atoms. The van der Waals surface area contributed by atoms with Crippen LogP contribution in [-0.4, -0.2) is 27.9 Å². The number of aromatic nitrogens is 3. The van der Waals surface area contributed by atoms with Crippen molar-refractivity contribution in [2.75, 3.05) is 7.05 Å². The summed E-state index contributed by atoms with van der Waals surface area (Å²) in [5.74, 6) is 3.45. The molecule has 1 saturated carbocycles. The van der Waals surface area contributed by atoms with Crippen molar-refractivity contribution in [3.8, 4) is 0 Å². The highest BCUT2D eigenvalue weighted by Gasteiger charge is 2.26. The first-order valence-corrected chi connectivity index (χ1v) is 8.14. The van der Waals surface area contributed by atoms with Gasteiger partial charge in [0.1, 0.15) is 12.2 Å². The maximum absolute atomic E-state index is 4.48. The molecular weight excluding hydrogens is 248 g/mol. The molecule has 0 radical (unpaired) electrons. The zero-order valence-corrected chi connectivity index (χ0v) is 13.5. The molecule has 1 fully saturated rings. The Labute approximate surface area is 123 Å². The average Bonchev–Trinajstić information content (AvgIpc) is 2.83. The van der Waals surface area contributed by atoms with Crippen molar-refractivity contribution in [3.05, 3.63) is 12.2 Å². The molecule has 4 nitrogen and oxygen atoms in total. The summed E-state index contributed by atoms with van der Waals surface area (Å²) in [5, 5.41) is 7.90. The van der Waals surface area contributed by atoms with Gasteiger partial charge in [-0.05, 0) is 37.6 Å². The van der Waals surface area contributed by atoms with Crippen LogP contribution in [0.5, 0.6) is 0 Å². The first-order valence-electron chi connectivity index (χ1n) is 8.14. The van der Waals surface area contributed by atoms with Crippen LogP contribution in [0.2, 0.25) is 0 Å². The van der Waals surface area contributed by atoms with Gasteiger partial charge in [-0.2, -0.15) is 5.10 Å². The Bertz CT molecular complexity index is 391. The molecule has 0 saturated heterocycles. The highest BCUT2D eigenvalue weighted by Crippen LogP contribution is 2.31. The van der Waals surface area contributed by atoms with Crippen molar-refractivity contribution in [2.45, 2.75) is 65.5 Å². The van der Waals surface area contributed by atoms with Crippen molar-refractivity contribution in [1.29, 1.82) is 0 Å². The molecule has 0 amide bonds. The molecule has 4 heteroatoms. The number of hydrogen-bond acceptors (Lipinski definition) is 3. The largest absolute Gasteiger partial charge is 0.316 e. The van der Waals surface area contributed by atoms with E-state index < -0.39 is 0 Å². The highest BCUT2D eigenvalue weighted by atomic mass is 15.3. The van der Waals surface area contributed by atoms with Gasteiger partial charge in [-0.3, -0.25) is 0 Å². The van der Waals surface area contributed by atoms with Gasteiger partial charge in [0.25, 0.3) is 0 Å². The lowest BCUT2D eigenvalue weighted by Crippen LogP contribution is -2.38. The summed E-state index contributed by atoms with van der Waals surface area (Å²) >= 11 is 0. The summed E-state index contributed by atoms with van der Waals surface area (Å²) in [4.78, 5) is 4.48. The summed E-state index contributed by atoms with van der Waals surface area (Å²) in [5.41, 5.74) is 0. The van der Waals surface area contributed by atoms with Crippen molar-refractivity contribution in [1.82, 2.24) is 20.1 Å². The van der Waals surface area contributed by atoms with Crippen LogP contribution in [0.25, 0.3) is 0 Å². The first-order chi connectivity index (χ1) is 9.60. The minimum absolute atomic E-state index is 0.539. The molecule has 1 aromatic heterocycles. The maximum Gasteiger partial charge on any atom is 0.138 e. The fourth-order valence-electron chi connectivity index (χ4n) is 3.33. The van der Waals surface area contributed by atoms with Gasteiger partial charge in [-0.1, -0.05) is 33.6 Å². The molecule has 1 unspecified atom stereocenters. The van der Waals surface area contributed by atoms with Gasteiger partial charge in [-0.15, -0.1) is 0 Å². The predicted octanol–water partition coefficient (Wildman–Crippen LogP) is 2.89. The van der Waals surface area contributed by atoms with E-state index >= 15 is 0 Å². The Kier molecular flexibility index (Phi) is 5.58. The third kappa shape index (κ3) is 4.05. The van der Waals surface area contributed by atoms with Crippen molar-refractivity contribution in [3.63, 3.8) is 0 Å². The second-order valence-corrected chi connectivity index (χ2v) is 6.87. The lowest BCUT2D eigenvalue weighted by Gasteiger charge is -2.32. The molecule has 0 aliphatic heterocycles. The van der Waals surface area contributed by atoms with E-state index in [-0.39, 0.29) is 0 Å². The van der Waals surface area contributed by atoms with Gasteiger partial charge in [0.2, 0.25) is 0 Å². The van der Waals surface area contributed by atoms with E-state index in [1.807, 2.05) is 0 Å². The first kappa shape index (κ1) is 15.5. The van der Waals surface area contributed by atoms with Crippen LogP contribution < -0.4 is 5.32 Å². The second kappa shape index (κ2) is 7.21. The van der Waals surface area contributed by atoms with E-state index in [1.165, 1.54) is 25.7 Å². The zero-order chi connectivity index (χ0) is 14.5. The van der Waals surface area contributed by atoms with E-state index in [4.69, 9.17) is 0 Å². The van der Waals surface area contributed by atoms with E-state index in [9.17, 15) is 0 Å². The minimum atomic E-state index is 0.539. The topological polar surface area (TPSA) is 42.7 Å². The molecule has 0 aromatic carbocycles. The summed E-state index contributed by atoms with van der Waals surface area (Å²) in [6, 6.07) is 0.539. The van der Waals surface area contributed by atoms with Gasteiger partial charge in [0.05, 0.1) is 0 Å². The van der Waals surface area contributed by atoms with Gasteiger partial charge < -0.3 is 5.32 Å². The quantitative estimate of drug-likeness (QED) is 0.870. The Morgan fingerprint density at radius 1 is 1.30 bits per heavy atom. The molecule has 1 heterocycles. The molecule has 1 aliphatic carbocycles. The lowest BCUT2D eigenvalue weighted by atomic mass is 9.78. The number of nitrogens with zero attached hydrogens (tertiary/aromatic N) is 3. The fourth-order valence-corrected chi connectivity index (χ4v) is 3.33. The molecule has 1 N–H and O–H groups in total. The van der Waals surface area contributed by atoms with Crippen LogP contribution in [0, 0.1) is 17.8 Å². The number of rotatable bonds is 6. The molecule has 20 heavy (non-hydrogen) atoms. The summed E-state index contributed by atoms with van der Waals surface area (Å²) in [7, 11) is 2.09. The second-order valence-electron chi connectivity index (χ2n) is 6.87. The predicted molar refractivity (Wildman–Crippen MR) is 82.5 cm³/mol. The van der Waals surface area contributed by atoms with Crippen LogP contribution in [0.15, 0.2) is 6.33 Å². The van der Waals surface area contributed by atoms with Crippen LogP contribution in [0.4, 0.5) is 0 Å². The smallest absolute Gasteiger partial charge is 0.138 e. The average molecular weight is 278 g/mol. The Morgan fingerprint density at radius 2 is 2.00 bits per heavy atom. The molecule has 2 rings (SSSR count). The zero-order valence-electron chi connectivity index (χ0n) is 13.5. The normalized spacial score (nSPS) is 25.1. The fraction of sp³-hybridized carbons (Fsp3) is 0.875. The molecule has 1 aliphatic rings. The van der Waals surface area contributed by atoms with E-state index in [0.29, 0.717) is 12.0 Å². The molecule has 1 aromatic rings. The van der Waals surface area contributed by atoms with Crippen molar-refractivity contribution in [2.24, 2.45) is 17.8 Å². The maximum atomic E-state index is 4.48. The third-order valence-electron chi connectivity index (χ3n) is 4.64. The van der Waals surface area contributed by atoms with Crippen LogP contribution in [0.3, 0.4) is 0 Å². The van der Waals surface area contributed by atoms with Gasteiger partial charge >= 0.3 is 0 Å². The summed E-state index contributed by atoms with van der Waals surface area (Å²) < 4.78 is 2.08. The third-order valence-corrected chi connectivity index (χ3v) is 4.64. The monoisotopic (exact) mass is 278 g/mol. The van der Waals surface area contributed by atoms with Gasteiger partial charge in [0, 0.05) is 19.0 Å². The molecule has 1 atom stereocenters. The van der Waals surface area contributed by atoms with Gasteiger partial charge in [-0.25, -0.2) is 9.67 Å². The highest BCUT2D eigenvalue weighted by molar-refractivity contribution is 4.93. The molecular formula is C16H30N4. The van der Waals surface area contributed by atoms with E-state index in [0.717, 1.165) is 30.6 Å². The molecule has 0 spiro atoms. The lowest BCUT2D eigenvalue weighted by molar-refractivity contribution is 0.232. The number of hydrogen-bond donors (Lipinski definition) is 1. The SMILES string of the molecule is CNC(Cc1ncnn1CC(C)C)C1CCC(C)CC1. The summed E-state index contributed by atoms with van der Waals surface area (Å²) in [6.07, 6.45) is 8.16. The Balaban J connectivity index is 1.97. The number of likely N-dealkylation sites (N-methyl/N-ethyl adjacent to an activating group) is 1. The van der Waals surface area contributed by atoms with Crippen molar-refractivity contribution < 1.29 is 0 Å². The van der Waals surface area contributed by atoms with Crippen LogP contribution >= 0.6 is 0 Å². The standard InChI is InChI=1S/C16H30N4/c1-12(2)10-20-16(18-11-19-20)9-15(17-4)14-7-5-13(3)6-8-14/h11-15,17H,5-10H2,1-4H3.